The second-order valence-electron chi connectivity index (χ2n) is 4.63. The first-order valence-electron chi connectivity index (χ1n) is 6.18. The molecule has 2 heterocycles. The van der Waals surface area contributed by atoms with Crippen LogP contribution in [0.25, 0.3) is 0 Å². The molecule has 1 aromatic rings. The minimum atomic E-state index is 0.199. The summed E-state index contributed by atoms with van der Waals surface area (Å²) in [7, 11) is 2.11. The van der Waals surface area contributed by atoms with Crippen molar-refractivity contribution in [2.24, 2.45) is 0 Å². The molecule has 1 aromatic heterocycles. The fraction of sp³-hybridized carbons (Fsp3) is 0.615. The lowest BCUT2D eigenvalue weighted by Crippen LogP contribution is -2.41. The molecular formula is C13H20N2O2. The van der Waals surface area contributed by atoms with Crippen LogP contribution in [-0.2, 0) is 11.3 Å². The molecule has 4 heteroatoms. The van der Waals surface area contributed by atoms with Crippen molar-refractivity contribution < 1.29 is 9.53 Å². The van der Waals surface area contributed by atoms with Crippen LogP contribution in [0.3, 0.4) is 0 Å². The Morgan fingerprint density at radius 2 is 2.41 bits per heavy atom. The van der Waals surface area contributed by atoms with E-state index in [9.17, 15) is 4.79 Å². The molecule has 4 nitrogen and oxygen atoms in total. The van der Waals surface area contributed by atoms with Crippen molar-refractivity contribution in [1.29, 1.82) is 0 Å². The largest absolute Gasteiger partial charge is 0.374 e. The Bertz CT molecular complexity index is 387. The number of hydrogen-bond donors (Lipinski definition) is 0. The van der Waals surface area contributed by atoms with E-state index in [0.29, 0.717) is 6.42 Å². The van der Waals surface area contributed by atoms with Crippen molar-refractivity contribution >= 4 is 5.78 Å². The summed E-state index contributed by atoms with van der Waals surface area (Å²) in [6.07, 6.45) is 4.67. The molecule has 2 rings (SSSR count). The molecule has 1 aliphatic heterocycles. The first kappa shape index (κ1) is 12.3. The number of ketones is 1. The zero-order valence-electron chi connectivity index (χ0n) is 10.6. The van der Waals surface area contributed by atoms with Crippen molar-refractivity contribution in [2.45, 2.75) is 26.0 Å². The monoisotopic (exact) mass is 236 g/mol. The van der Waals surface area contributed by atoms with E-state index in [4.69, 9.17) is 4.74 Å². The maximum atomic E-state index is 11.5. The van der Waals surface area contributed by atoms with Gasteiger partial charge in [0.15, 0.2) is 5.78 Å². The average Bonchev–Trinajstić information content (AvgIpc) is 2.76. The smallest absolute Gasteiger partial charge is 0.164 e. The molecule has 0 saturated carbocycles. The highest BCUT2D eigenvalue weighted by Gasteiger charge is 2.18. The van der Waals surface area contributed by atoms with E-state index in [1.54, 1.807) is 0 Å². The molecule has 0 N–H and O–H groups in total. The molecule has 1 unspecified atom stereocenters. The number of aromatic nitrogens is 1. The Labute approximate surface area is 102 Å². The van der Waals surface area contributed by atoms with Crippen LogP contribution in [0.5, 0.6) is 0 Å². The fourth-order valence-corrected chi connectivity index (χ4v) is 2.14. The molecule has 1 saturated heterocycles. The van der Waals surface area contributed by atoms with E-state index in [0.717, 1.165) is 31.8 Å². The second-order valence-corrected chi connectivity index (χ2v) is 4.63. The summed E-state index contributed by atoms with van der Waals surface area (Å²) in [5.74, 6) is 0.199. The van der Waals surface area contributed by atoms with Crippen LogP contribution < -0.4 is 0 Å². The van der Waals surface area contributed by atoms with E-state index in [2.05, 4.69) is 11.9 Å². The molecule has 0 bridgehead atoms. The van der Waals surface area contributed by atoms with Crippen molar-refractivity contribution in [3.8, 4) is 0 Å². The zero-order valence-corrected chi connectivity index (χ0v) is 10.6. The van der Waals surface area contributed by atoms with Crippen LogP contribution >= 0.6 is 0 Å². The topological polar surface area (TPSA) is 34.5 Å². The summed E-state index contributed by atoms with van der Waals surface area (Å²) in [4.78, 5) is 13.8. The predicted octanol–water partition coefficient (Wildman–Crippen LogP) is 1.41. The van der Waals surface area contributed by atoms with Gasteiger partial charge < -0.3 is 14.2 Å². The number of rotatable bonds is 4. The molecule has 1 fully saturated rings. The van der Waals surface area contributed by atoms with Gasteiger partial charge in [0.1, 0.15) is 0 Å². The number of ether oxygens (including phenoxy) is 1. The fourth-order valence-electron chi connectivity index (χ4n) is 2.14. The Morgan fingerprint density at radius 3 is 3.12 bits per heavy atom. The van der Waals surface area contributed by atoms with Gasteiger partial charge in [0.05, 0.1) is 12.7 Å². The van der Waals surface area contributed by atoms with Gasteiger partial charge in [0, 0.05) is 44.0 Å². The third kappa shape index (κ3) is 3.17. The van der Waals surface area contributed by atoms with Gasteiger partial charge in [0.25, 0.3) is 0 Å². The predicted molar refractivity (Wildman–Crippen MR) is 66.3 cm³/mol. The van der Waals surface area contributed by atoms with E-state index in [1.165, 1.54) is 0 Å². The summed E-state index contributed by atoms with van der Waals surface area (Å²) in [5.41, 5.74) is 0.802. The van der Waals surface area contributed by atoms with Crippen LogP contribution in [0.4, 0.5) is 0 Å². The number of likely N-dealkylation sites (N-methyl/N-ethyl adjacent to an activating group) is 1. The minimum absolute atomic E-state index is 0.199. The first-order chi connectivity index (χ1) is 8.19. The second kappa shape index (κ2) is 5.47. The van der Waals surface area contributed by atoms with Gasteiger partial charge in [-0.05, 0) is 13.1 Å². The van der Waals surface area contributed by atoms with E-state index in [-0.39, 0.29) is 11.9 Å². The summed E-state index contributed by atoms with van der Waals surface area (Å²) < 4.78 is 7.75. The maximum Gasteiger partial charge on any atom is 0.164 e. The molecule has 94 valence electrons. The van der Waals surface area contributed by atoms with Gasteiger partial charge >= 0.3 is 0 Å². The van der Waals surface area contributed by atoms with Crippen LogP contribution in [0.15, 0.2) is 18.5 Å². The van der Waals surface area contributed by atoms with Crippen LogP contribution in [0, 0.1) is 0 Å². The summed E-state index contributed by atoms with van der Waals surface area (Å²) in [6, 6.07) is 1.89. The van der Waals surface area contributed by atoms with Crippen molar-refractivity contribution in [2.75, 3.05) is 26.7 Å². The van der Waals surface area contributed by atoms with Gasteiger partial charge in [-0.3, -0.25) is 4.79 Å². The molecule has 0 aliphatic carbocycles. The van der Waals surface area contributed by atoms with Crippen molar-refractivity contribution in [3.05, 3.63) is 24.0 Å². The normalized spacial score (nSPS) is 21.6. The summed E-state index contributed by atoms with van der Waals surface area (Å²) >= 11 is 0. The number of morpholine rings is 1. The quantitative estimate of drug-likeness (QED) is 0.741. The Kier molecular flexibility index (Phi) is 3.97. The number of carbonyl (C=O) groups is 1. The average molecular weight is 236 g/mol. The molecule has 0 spiro atoms. The molecule has 1 atom stereocenters. The third-order valence-corrected chi connectivity index (χ3v) is 3.15. The highest BCUT2D eigenvalue weighted by Crippen LogP contribution is 2.09. The molecule has 17 heavy (non-hydrogen) atoms. The molecule has 1 aliphatic rings. The minimum Gasteiger partial charge on any atom is -0.374 e. The Hall–Kier alpha value is -1.13. The molecule has 0 amide bonds. The summed E-state index contributed by atoms with van der Waals surface area (Å²) in [6.45, 7) is 5.46. The van der Waals surface area contributed by atoms with Gasteiger partial charge in [-0.15, -0.1) is 0 Å². The lowest BCUT2D eigenvalue weighted by Gasteiger charge is -2.30. The Balaban J connectivity index is 1.94. The number of hydrogen-bond acceptors (Lipinski definition) is 3. The van der Waals surface area contributed by atoms with Gasteiger partial charge in [0.2, 0.25) is 0 Å². The van der Waals surface area contributed by atoms with Crippen LogP contribution in [0.1, 0.15) is 23.7 Å². The van der Waals surface area contributed by atoms with Gasteiger partial charge in [-0.2, -0.15) is 0 Å². The maximum absolute atomic E-state index is 11.5. The molecule has 0 aromatic carbocycles. The standard InChI is InChI=1S/C13H20N2O2/c1-3-13(16)11-4-5-15(8-11)10-12-9-14(2)6-7-17-12/h4-5,8,12H,3,6-7,9-10H2,1-2H3. The first-order valence-corrected chi connectivity index (χ1v) is 6.18. The number of nitrogens with zero attached hydrogens (tertiary/aromatic N) is 2. The SMILES string of the molecule is CCC(=O)c1ccn(CC2CN(C)CCO2)c1. The van der Waals surface area contributed by atoms with Crippen LogP contribution in [-0.4, -0.2) is 48.1 Å². The lowest BCUT2D eigenvalue weighted by atomic mass is 10.2. The van der Waals surface area contributed by atoms with E-state index < -0.39 is 0 Å². The van der Waals surface area contributed by atoms with E-state index in [1.807, 2.05) is 30.0 Å². The third-order valence-electron chi connectivity index (χ3n) is 3.15. The van der Waals surface area contributed by atoms with E-state index >= 15 is 0 Å². The van der Waals surface area contributed by atoms with Crippen molar-refractivity contribution in [3.63, 3.8) is 0 Å². The highest BCUT2D eigenvalue weighted by atomic mass is 16.5. The number of carbonyl (C=O) groups excluding carboxylic acids is 1. The number of Topliss-reactive ketones (excluding diaryl/α,β-unsaturated/α-hetero) is 1. The molecular weight excluding hydrogens is 216 g/mol. The Morgan fingerprint density at radius 1 is 1.59 bits per heavy atom. The van der Waals surface area contributed by atoms with Crippen LogP contribution in [0.2, 0.25) is 0 Å². The lowest BCUT2D eigenvalue weighted by molar-refractivity contribution is -0.0274. The van der Waals surface area contributed by atoms with Gasteiger partial charge in [-0.1, -0.05) is 6.92 Å². The molecule has 0 radical (unpaired) electrons. The van der Waals surface area contributed by atoms with Crippen molar-refractivity contribution in [1.82, 2.24) is 9.47 Å². The summed E-state index contributed by atoms with van der Waals surface area (Å²) in [5, 5.41) is 0. The highest BCUT2D eigenvalue weighted by molar-refractivity contribution is 5.95. The zero-order chi connectivity index (χ0) is 12.3. The van der Waals surface area contributed by atoms with Gasteiger partial charge in [-0.25, -0.2) is 0 Å².